The van der Waals surface area contributed by atoms with Crippen molar-refractivity contribution in [3.63, 3.8) is 0 Å². The molecule has 0 bridgehead atoms. The maximum Gasteiger partial charge on any atom is 0.339 e. The van der Waals surface area contributed by atoms with Gasteiger partial charge < -0.3 is 19.3 Å². The van der Waals surface area contributed by atoms with Crippen LogP contribution >= 0.6 is 0 Å². The number of rotatable bonds is 7. The summed E-state index contributed by atoms with van der Waals surface area (Å²) in [5, 5.41) is 14.2. The average molecular weight is 399 g/mol. The molecule has 0 saturated carbocycles. The predicted molar refractivity (Wildman–Crippen MR) is 113 cm³/mol. The number of hydrogen-bond acceptors (Lipinski definition) is 5. The van der Waals surface area contributed by atoms with E-state index < -0.39 is 5.63 Å². The number of fused-ring (bicyclic) bond motifs is 2. The summed E-state index contributed by atoms with van der Waals surface area (Å²) in [6, 6.07) is 1.71. The van der Waals surface area contributed by atoms with Crippen molar-refractivity contribution in [1.29, 1.82) is 0 Å². The Balaban J connectivity index is 1.90. The molecule has 3 aromatic rings. The Morgan fingerprint density at radius 1 is 1.17 bits per heavy atom. The summed E-state index contributed by atoms with van der Waals surface area (Å²) >= 11 is 0. The summed E-state index contributed by atoms with van der Waals surface area (Å²) in [5.41, 5.74) is 4.00. The van der Waals surface area contributed by atoms with Crippen molar-refractivity contribution >= 4 is 27.8 Å². The normalized spacial score (nSPS) is 13.7. The van der Waals surface area contributed by atoms with Gasteiger partial charge in [-0.25, -0.2) is 4.79 Å². The minimum absolute atomic E-state index is 0.1000. The van der Waals surface area contributed by atoms with Crippen LogP contribution in [-0.4, -0.2) is 23.7 Å². The fraction of sp³-hybridized carbons (Fsp3) is 0.478. The summed E-state index contributed by atoms with van der Waals surface area (Å²) in [5.74, 6) is 0.000525. The number of nitrogens with one attached hydrogen (secondary N) is 1. The number of furan rings is 1. The number of hydrogen-bond donors (Lipinski definition) is 2. The summed E-state index contributed by atoms with van der Waals surface area (Å²) in [7, 11) is 0. The van der Waals surface area contributed by atoms with E-state index in [0.29, 0.717) is 11.1 Å². The van der Waals surface area contributed by atoms with Crippen molar-refractivity contribution in [1.82, 2.24) is 5.32 Å². The number of aliphatic hydroxyl groups excluding tert-OH is 1. The number of aryl methyl sites for hydroxylation is 3. The second kappa shape index (κ2) is 8.41. The third-order valence-electron chi connectivity index (χ3n) is 6.01. The number of amides is 1. The Hall–Kier alpha value is -2.60. The topological polar surface area (TPSA) is 92.7 Å². The highest BCUT2D eigenvalue weighted by Crippen LogP contribution is 2.32. The smallest absolute Gasteiger partial charge is 0.339 e. The van der Waals surface area contributed by atoms with Crippen LogP contribution in [0.15, 0.2) is 26.0 Å². The van der Waals surface area contributed by atoms with Crippen LogP contribution < -0.4 is 10.9 Å². The fourth-order valence-electron chi connectivity index (χ4n) is 3.78. The summed E-state index contributed by atoms with van der Waals surface area (Å²) in [4.78, 5) is 25.0. The van der Waals surface area contributed by atoms with E-state index in [1.165, 1.54) is 0 Å². The van der Waals surface area contributed by atoms with E-state index in [1.54, 1.807) is 6.26 Å². The van der Waals surface area contributed by atoms with Gasteiger partial charge in [-0.3, -0.25) is 4.79 Å². The molecule has 0 radical (unpaired) electrons. The Morgan fingerprint density at radius 3 is 2.55 bits per heavy atom. The second-order valence-electron chi connectivity index (χ2n) is 7.91. The van der Waals surface area contributed by atoms with Gasteiger partial charge in [0, 0.05) is 28.3 Å². The largest absolute Gasteiger partial charge is 0.464 e. The first-order chi connectivity index (χ1) is 13.8. The van der Waals surface area contributed by atoms with E-state index in [2.05, 4.69) is 5.32 Å². The lowest BCUT2D eigenvalue weighted by atomic mass is 9.97. The molecule has 3 rings (SSSR count). The van der Waals surface area contributed by atoms with E-state index in [9.17, 15) is 14.7 Å². The highest BCUT2D eigenvalue weighted by Gasteiger charge is 2.20. The fourth-order valence-corrected chi connectivity index (χ4v) is 3.78. The Morgan fingerprint density at radius 2 is 1.90 bits per heavy atom. The molecule has 2 heterocycles. The third kappa shape index (κ3) is 3.94. The molecular weight excluding hydrogens is 370 g/mol. The zero-order chi connectivity index (χ0) is 21.3. The molecule has 2 atom stereocenters. The van der Waals surface area contributed by atoms with Gasteiger partial charge in [-0.1, -0.05) is 20.3 Å². The van der Waals surface area contributed by atoms with Crippen LogP contribution in [0.25, 0.3) is 21.9 Å². The van der Waals surface area contributed by atoms with E-state index in [4.69, 9.17) is 8.83 Å². The molecule has 0 unspecified atom stereocenters. The van der Waals surface area contributed by atoms with Gasteiger partial charge in [-0.2, -0.15) is 0 Å². The summed E-state index contributed by atoms with van der Waals surface area (Å²) < 4.78 is 11.2. The molecule has 29 heavy (non-hydrogen) atoms. The van der Waals surface area contributed by atoms with E-state index in [0.717, 1.165) is 39.5 Å². The number of aliphatic hydroxyl groups is 1. The van der Waals surface area contributed by atoms with Gasteiger partial charge >= 0.3 is 5.63 Å². The van der Waals surface area contributed by atoms with Crippen molar-refractivity contribution < 1.29 is 18.7 Å². The number of carbonyl (C=O) groups excluding carboxylic acids is 1. The molecule has 156 valence electrons. The molecule has 0 saturated heterocycles. The molecule has 0 fully saturated rings. The van der Waals surface area contributed by atoms with Gasteiger partial charge in [0.05, 0.1) is 18.9 Å². The average Bonchev–Trinajstić information content (AvgIpc) is 3.07. The molecule has 0 aliphatic carbocycles. The molecule has 2 aromatic heterocycles. The first-order valence-electron chi connectivity index (χ1n) is 10.1. The zero-order valence-corrected chi connectivity index (χ0v) is 17.7. The molecule has 2 N–H and O–H groups in total. The number of carbonyl (C=O) groups is 1. The predicted octanol–water partition coefficient (Wildman–Crippen LogP) is 3.92. The van der Waals surface area contributed by atoms with Crippen molar-refractivity contribution in [2.75, 3.05) is 6.61 Å². The summed E-state index contributed by atoms with van der Waals surface area (Å²) in [6.45, 7) is 9.66. The SMILES string of the molecule is CC[C@H](C)[C@H](CO)NC(=O)CCc1c(C)c2cc3c(C)coc3c(C)c2oc1=O. The first kappa shape index (κ1) is 21.1. The van der Waals surface area contributed by atoms with Crippen LogP contribution in [0.4, 0.5) is 0 Å². The monoisotopic (exact) mass is 399 g/mol. The van der Waals surface area contributed by atoms with Gasteiger partial charge in [-0.15, -0.1) is 0 Å². The van der Waals surface area contributed by atoms with Crippen molar-refractivity contribution in [3.8, 4) is 0 Å². The van der Waals surface area contributed by atoms with Crippen LogP contribution in [-0.2, 0) is 11.2 Å². The highest BCUT2D eigenvalue weighted by molar-refractivity contribution is 5.99. The Bertz CT molecular complexity index is 1110. The van der Waals surface area contributed by atoms with Gasteiger partial charge in [0.2, 0.25) is 5.91 Å². The van der Waals surface area contributed by atoms with E-state index in [-0.39, 0.29) is 37.3 Å². The minimum atomic E-state index is -0.422. The molecule has 0 aliphatic heterocycles. The molecule has 6 nitrogen and oxygen atoms in total. The molecule has 0 aliphatic rings. The van der Waals surface area contributed by atoms with Crippen LogP contribution in [0.3, 0.4) is 0 Å². The van der Waals surface area contributed by atoms with E-state index in [1.807, 2.05) is 40.7 Å². The molecular formula is C23H29NO5. The van der Waals surface area contributed by atoms with Crippen LogP contribution in [0.2, 0.25) is 0 Å². The van der Waals surface area contributed by atoms with Crippen molar-refractivity contribution in [3.05, 3.63) is 45.0 Å². The van der Waals surface area contributed by atoms with Crippen LogP contribution in [0.5, 0.6) is 0 Å². The van der Waals surface area contributed by atoms with Gasteiger partial charge in [0.1, 0.15) is 11.2 Å². The molecule has 1 amide bonds. The van der Waals surface area contributed by atoms with Crippen molar-refractivity contribution in [2.24, 2.45) is 5.92 Å². The lowest BCUT2D eigenvalue weighted by Crippen LogP contribution is -2.42. The lowest BCUT2D eigenvalue weighted by Gasteiger charge is -2.22. The second-order valence-corrected chi connectivity index (χ2v) is 7.91. The number of benzene rings is 1. The maximum absolute atomic E-state index is 12.6. The van der Waals surface area contributed by atoms with Gasteiger partial charge in [0.15, 0.2) is 0 Å². The quantitative estimate of drug-likeness (QED) is 0.588. The van der Waals surface area contributed by atoms with Crippen LogP contribution in [0.1, 0.15) is 48.9 Å². The van der Waals surface area contributed by atoms with Crippen molar-refractivity contribution in [2.45, 2.75) is 59.9 Å². The maximum atomic E-state index is 12.6. The van der Waals surface area contributed by atoms with Gasteiger partial charge in [0.25, 0.3) is 0 Å². The standard InChI is InChI=1S/C23H29NO5/c1-6-12(2)19(10-25)24-20(26)8-7-16-14(4)18-9-17-13(3)11-28-21(17)15(5)22(18)29-23(16)27/h9,11-12,19,25H,6-8,10H2,1-5H3,(H,24,26)/t12-,19-/m0/s1. The van der Waals surface area contributed by atoms with Gasteiger partial charge in [-0.05, 0) is 50.3 Å². The van der Waals surface area contributed by atoms with E-state index >= 15 is 0 Å². The lowest BCUT2D eigenvalue weighted by molar-refractivity contribution is -0.122. The summed E-state index contributed by atoms with van der Waals surface area (Å²) in [6.07, 6.45) is 3.01. The zero-order valence-electron chi connectivity index (χ0n) is 17.7. The van der Waals surface area contributed by atoms with Crippen LogP contribution in [0, 0.1) is 26.7 Å². The molecule has 1 aromatic carbocycles. The third-order valence-corrected chi connectivity index (χ3v) is 6.01. The Kier molecular flexibility index (Phi) is 6.13. The highest BCUT2D eigenvalue weighted by atomic mass is 16.4. The minimum Gasteiger partial charge on any atom is -0.464 e. The Labute approximate surface area is 169 Å². The molecule has 6 heteroatoms. The first-order valence-corrected chi connectivity index (χ1v) is 10.1. The molecule has 0 spiro atoms.